The van der Waals surface area contributed by atoms with E-state index in [1.807, 2.05) is 123 Å². The molecule has 12 heteroatoms. The molecule has 2 aromatic heterocycles. The number of nitrogens with zero attached hydrogens (tertiary/aromatic N) is 6. The van der Waals surface area contributed by atoms with E-state index < -0.39 is 17.0 Å². The van der Waals surface area contributed by atoms with Crippen molar-refractivity contribution in [3.05, 3.63) is 178 Å². The number of benzene rings is 6. The van der Waals surface area contributed by atoms with Gasteiger partial charge in [-0.15, -0.1) is 6.42 Å². The first-order valence-electron chi connectivity index (χ1n) is 25.2. The van der Waals surface area contributed by atoms with Crippen molar-refractivity contribution in [1.82, 2.24) is 24.6 Å². The molecule has 3 atom stereocenters. The predicted molar refractivity (Wildman–Crippen MR) is 283 cm³/mol. The minimum absolute atomic E-state index is 0.0421. The zero-order chi connectivity index (χ0) is 50.6. The summed E-state index contributed by atoms with van der Waals surface area (Å²) in [6.45, 7) is 10.8. The van der Waals surface area contributed by atoms with Crippen LogP contribution in [0.4, 0.5) is 15.0 Å². The summed E-state index contributed by atoms with van der Waals surface area (Å²) in [4.78, 5) is 28.1. The van der Waals surface area contributed by atoms with Crippen LogP contribution in [0, 0.1) is 25.1 Å². The molecule has 0 N–H and O–H groups in total. The number of amides is 1. The average molecular weight is 975 g/mol. The van der Waals surface area contributed by atoms with Gasteiger partial charge >= 0.3 is 12.1 Å². The highest BCUT2D eigenvalue weighted by Gasteiger charge is 2.48. The number of ether oxygens (including phenoxy) is 4. The summed E-state index contributed by atoms with van der Waals surface area (Å²) < 4.78 is 44.3. The summed E-state index contributed by atoms with van der Waals surface area (Å²) in [5.41, 5.74) is 6.96. The third-order valence-electron chi connectivity index (χ3n) is 14.6. The lowest BCUT2D eigenvalue weighted by Gasteiger charge is -2.36. The number of anilines is 1. The molecule has 73 heavy (non-hydrogen) atoms. The molecule has 1 aliphatic carbocycles. The molecule has 2 bridgehead atoms. The molecule has 0 spiro atoms. The van der Waals surface area contributed by atoms with Gasteiger partial charge in [0, 0.05) is 59.9 Å². The second-order valence-corrected chi connectivity index (χ2v) is 20.7. The van der Waals surface area contributed by atoms with Crippen LogP contribution in [-0.2, 0) is 21.6 Å². The Morgan fingerprint density at radius 1 is 0.822 bits per heavy atom. The Labute approximate surface area is 425 Å². The quantitative estimate of drug-likeness (QED) is 0.0778. The highest BCUT2D eigenvalue weighted by molar-refractivity contribution is 6.06. The van der Waals surface area contributed by atoms with Gasteiger partial charge in [0.05, 0.1) is 23.7 Å². The monoisotopic (exact) mass is 974 g/mol. The highest BCUT2D eigenvalue weighted by atomic mass is 19.1. The molecule has 1 saturated carbocycles. The van der Waals surface area contributed by atoms with E-state index in [0.717, 1.165) is 69.0 Å². The lowest BCUT2D eigenvalue weighted by molar-refractivity contribution is 0.0214. The summed E-state index contributed by atoms with van der Waals surface area (Å²) in [6.07, 6.45) is 9.93. The number of carbonyl (C=O) groups is 1. The van der Waals surface area contributed by atoms with Crippen molar-refractivity contribution in [3.63, 3.8) is 0 Å². The number of hydrogen-bond acceptors (Lipinski definition) is 9. The van der Waals surface area contributed by atoms with Crippen LogP contribution in [0.5, 0.6) is 11.8 Å². The van der Waals surface area contributed by atoms with Gasteiger partial charge in [0.2, 0.25) is 0 Å². The SMILES string of the molecule is C#Cc1ccc(COc2c(-c3c(C)c(F)cc4nn(C(c5ccccc5)(c5ccccc5)c5ccccc5)cc34)c(C3CC3)cc3c(N4C[C@@H]5C[C@H]4CN5C(=O)OC(C)(C)C)nc(OC[C@@H](C)OC)nc23)cc1. The molecule has 1 amide bonds. The molecule has 11 rings (SSSR count). The minimum atomic E-state index is -0.959. The summed E-state index contributed by atoms with van der Waals surface area (Å²) >= 11 is 0. The Morgan fingerprint density at radius 2 is 1.47 bits per heavy atom. The van der Waals surface area contributed by atoms with Crippen molar-refractivity contribution in [2.75, 3.05) is 31.7 Å². The van der Waals surface area contributed by atoms with E-state index in [-0.39, 0.29) is 49.4 Å². The zero-order valence-electron chi connectivity index (χ0n) is 42.1. The molecule has 3 aliphatic rings. The average Bonchev–Trinajstić information content (AvgIpc) is 3.84. The van der Waals surface area contributed by atoms with Crippen LogP contribution in [0.3, 0.4) is 0 Å². The lowest BCUT2D eigenvalue weighted by Crippen LogP contribution is -2.50. The Morgan fingerprint density at radius 3 is 2.03 bits per heavy atom. The van der Waals surface area contributed by atoms with Gasteiger partial charge in [-0.25, -0.2) is 9.18 Å². The molecule has 4 heterocycles. The maximum atomic E-state index is 17.2. The number of likely N-dealkylation sites (tertiary alicyclic amines) is 1. The van der Waals surface area contributed by atoms with E-state index >= 15 is 4.39 Å². The molecular formula is C61H59FN6O5. The fourth-order valence-corrected chi connectivity index (χ4v) is 10.9. The smallest absolute Gasteiger partial charge is 0.410 e. The van der Waals surface area contributed by atoms with Crippen molar-refractivity contribution in [2.45, 2.75) is 95.7 Å². The van der Waals surface area contributed by atoms with Gasteiger partial charge in [0.25, 0.3) is 0 Å². The number of halogens is 1. The third kappa shape index (κ3) is 8.80. The third-order valence-corrected chi connectivity index (χ3v) is 14.6. The number of methoxy groups -OCH3 is 1. The van der Waals surface area contributed by atoms with Crippen molar-refractivity contribution in [3.8, 4) is 35.2 Å². The fraction of sp³-hybridized carbons (Fsp3) is 0.311. The summed E-state index contributed by atoms with van der Waals surface area (Å²) in [7, 11) is 1.64. The van der Waals surface area contributed by atoms with Gasteiger partial charge in [0.1, 0.15) is 41.5 Å². The second-order valence-electron chi connectivity index (χ2n) is 20.7. The minimum Gasteiger partial charge on any atom is -0.486 e. The number of aromatic nitrogens is 4. The topological polar surface area (TPSA) is 104 Å². The highest BCUT2D eigenvalue weighted by Crippen LogP contribution is 2.54. The Balaban J connectivity index is 1.17. The summed E-state index contributed by atoms with van der Waals surface area (Å²) in [5, 5.41) is 6.94. The first-order chi connectivity index (χ1) is 35.3. The number of carbonyl (C=O) groups excluding carboxylic acids is 1. The molecule has 8 aromatic rings. The van der Waals surface area contributed by atoms with Crippen LogP contribution in [0.1, 0.15) is 91.8 Å². The maximum Gasteiger partial charge on any atom is 0.410 e. The second kappa shape index (κ2) is 19.0. The Hall–Kier alpha value is -7.75. The van der Waals surface area contributed by atoms with Crippen LogP contribution in [-0.4, -0.2) is 81.3 Å². The van der Waals surface area contributed by atoms with Crippen LogP contribution in [0.25, 0.3) is 32.9 Å². The fourth-order valence-electron chi connectivity index (χ4n) is 10.9. The first-order valence-corrected chi connectivity index (χ1v) is 25.2. The largest absolute Gasteiger partial charge is 0.486 e. The molecule has 11 nitrogen and oxygen atoms in total. The molecule has 370 valence electrons. The first kappa shape index (κ1) is 47.6. The van der Waals surface area contributed by atoms with Gasteiger partial charge in [0.15, 0.2) is 5.75 Å². The van der Waals surface area contributed by atoms with E-state index in [4.69, 9.17) is 40.4 Å². The zero-order valence-corrected chi connectivity index (χ0v) is 42.1. The van der Waals surface area contributed by atoms with Crippen molar-refractivity contribution >= 4 is 33.7 Å². The van der Waals surface area contributed by atoms with E-state index in [1.54, 1.807) is 13.2 Å². The lowest BCUT2D eigenvalue weighted by atomic mass is 9.77. The van der Waals surface area contributed by atoms with E-state index in [0.29, 0.717) is 46.8 Å². The Bertz CT molecular complexity index is 3290. The number of hydrogen-bond donors (Lipinski definition) is 0. The van der Waals surface area contributed by atoms with Crippen LogP contribution in [0.2, 0.25) is 0 Å². The van der Waals surface area contributed by atoms with Crippen LogP contribution < -0.4 is 14.4 Å². The van der Waals surface area contributed by atoms with Gasteiger partial charge in [-0.05, 0) is 111 Å². The normalized spacial score (nSPS) is 17.0. The molecule has 0 radical (unpaired) electrons. The van der Waals surface area contributed by atoms with E-state index in [1.165, 1.54) is 0 Å². The number of terminal acetylenes is 1. The maximum absolute atomic E-state index is 17.2. The van der Waals surface area contributed by atoms with Crippen LogP contribution in [0.15, 0.2) is 134 Å². The number of piperazine rings is 1. The van der Waals surface area contributed by atoms with Gasteiger partial charge in [-0.3, -0.25) is 4.68 Å². The Kier molecular flexibility index (Phi) is 12.4. The number of fused-ring (bicyclic) bond motifs is 4. The summed E-state index contributed by atoms with van der Waals surface area (Å²) in [6, 6.07) is 42.6. The molecular weight excluding hydrogens is 916 g/mol. The number of rotatable bonds is 14. The van der Waals surface area contributed by atoms with Crippen molar-refractivity contribution in [2.24, 2.45) is 0 Å². The molecule has 3 fully saturated rings. The molecule has 0 unspecified atom stereocenters. The van der Waals surface area contributed by atoms with Gasteiger partial charge < -0.3 is 28.7 Å². The van der Waals surface area contributed by atoms with Crippen molar-refractivity contribution in [1.29, 1.82) is 0 Å². The van der Waals surface area contributed by atoms with E-state index in [9.17, 15) is 4.79 Å². The van der Waals surface area contributed by atoms with Gasteiger partial charge in [-0.2, -0.15) is 15.1 Å². The standard InChI is InChI=1S/C61H59FN6O5/c1-8-40-24-26-41(27-25-40)37-71-56-54(53-39(3)51(62)32-52-50(53)35-68(65-52)61(43-18-12-9-13-19-43,44-20-14-10-15-21-44)45-22-16-11-17-23-45)48(42-28-29-42)31-49-55(56)63-58(72-36-38(2)70-7)64-57(49)66-33-47-30-46(66)34-67(47)59(69)73-60(4,5)6/h1,9-27,31-32,35,38,42,46-47H,28-30,33-34,36-37H2,2-7H3/t38-,46+,47+/m1/s1. The summed E-state index contributed by atoms with van der Waals surface area (Å²) in [5.74, 6) is 3.64. The van der Waals surface area contributed by atoms with Crippen molar-refractivity contribution < 1.29 is 28.1 Å². The molecule has 2 aliphatic heterocycles. The van der Waals surface area contributed by atoms with Crippen LogP contribution >= 0.6 is 0 Å². The predicted octanol–water partition coefficient (Wildman–Crippen LogP) is 12.0. The van der Waals surface area contributed by atoms with Gasteiger partial charge in [-0.1, -0.05) is 109 Å². The van der Waals surface area contributed by atoms with E-state index in [2.05, 4.69) is 59.5 Å². The molecule has 2 saturated heterocycles. The molecule has 6 aromatic carbocycles.